The second-order valence-electron chi connectivity index (χ2n) is 7.16. The first-order valence-electron chi connectivity index (χ1n) is 9.09. The maximum Gasteiger partial charge on any atom is 0.272 e. The maximum atomic E-state index is 12.8. The molecular weight excluding hydrogens is 318 g/mol. The SMILES string of the molecule is CC(=O)N1CCN(C(=O)c2cc(C)nc(N3CCC(C)CC3)n2)CC1. The van der Waals surface area contributed by atoms with Gasteiger partial charge >= 0.3 is 0 Å². The van der Waals surface area contributed by atoms with E-state index in [0.29, 0.717) is 37.8 Å². The second kappa shape index (κ2) is 7.37. The second-order valence-corrected chi connectivity index (χ2v) is 7.16. The molecule has 3 heterocycles. The van der Waals surface area contributed by atoms with E-state index in [9.17, 15) is 9.59 Å². The number of hydrogen-bond donors (Lipinski definition) is 0. The highest BCUT2D eigenvalue weighted by Gasteiger charge is 2.26. The normalized spacial score (nSPS) is 19.2. The van der Waals surface area contributed by atoms with Crippen LogP contribution in [0.1, 0.15) is 42.9 Å². The minimum absolute atomic E-state index is 0.0617. The summed E-state index contributed by atoms with van der Waals surface area (Å²) in [6.45, 7) is 9.90. The zero-order valence-electron chi connectivity index (χ0n) is 15.4. The van der Waals surface area contributed by atoms with Crippen LogP contribution in [-0.2, 0) is 4.79 Å². The van der Waals surface area contributed by atoms with Gasteiger partial charge < -0.3 is 14.7 Å². The number of anilines is 1. The van der Waals surface area contributed by atoms with E-state index in [2.05, 4.69) is 21.8 Å². The number of carbonyl (C=O) groups is 2. The van der Waals surface area contributed by atoms with Gasteiger partial charge in [-0.3, -0.25) is 9.59 Å². The third-order valence-electron chi connectivity index (χ3n) is 5.14. The van der Waals surface area contributed by atoms with Crippen LogP contribution in [0.4, 0.5) is 5.95 Å². The first kappa shape index (κ1) is 17.6. The molecule has 136 valence electrons. The molecule has 7 heteroatoms. The topological polar surface area (TPSA) is 69.6 Å². The van der Waals surface area contributed by atoms with Crippen molar-refractivity contribution in [3.8, 4) is 0 Å². The van der Waals surface area contributed by atoms with Crippen molar-refractivity contribution in [2.75, 3.05) is 44.2 Å². The summed E-state index contributed by atoms with van der Waals surface area (Å²) in [5, 5.41) is 0. The number of carbonyl (C=O) groups excluding carboxylic acids is 2. The van der Waals surface area contributed by atoms with Crippen LogP contribution in [0.25, 0.3) is 0 Å². The van der Waals surface area contributed by atoms with Crippen LogP contribution in [0, 0.1) is 12.8 Å². The van der Waals surface area contributed by atoms with Gasteiger partial charge in [-0.25, -0.2) is 9.97 Å². The Balaban J connectivity index is 1.71. The van der Waals surface area contributed by atoms with Crippen molar-refractivity contribution >= 4 is 17.8 Å². The summed E-state index contributed by atoms with van der Waals surface area (Å²) in [5.41, 5.74) is 1.27. The lowest BCUT2D eigenvalue weighted by Crippen LogP contribution is -2.50. The molecule has 0 spiro atoms. The van der Waals surface area contributed by atoms with E-state index in [1.165, 1.54) is 0 Å². The monoisotopic (exact) mass is 345 g/mol. The van der Waals surface area contributed by atoms with Crippen LogP contribution < -0.4 is 4.90 Å². The van der Waals surface area contributed by atoms with Gasteiger partial charge in [-0.15, -0.1) is 0 Å². The lowest BCUT2D eigenvalue weighted by molar-refractivity contribution is -0.130. The predicted octanol–water partition coefficient (Wildman–Crippen LogP) is 1.33. The summed E-state index contributed by atoms with van der Waals surface area (Å²) in [4.78, 5) is 39.1. The van der Waals surface area contributed by atoms with E-state index >= 15 is 0 Å². The van der Waals surface area contributed by atoms with Crippen LogP contribution >= 0.6 is 0 Å². The molecule has 0 saturated carbocycles. The Morgan fingerprint density at radius 1 is 1.00 bits per heavy atom. The summed E-state index contributed by atoms with van der Waals surface area (Å²) in [6.07, 6.45) is 2.27. The van der Waals surface area contributed by atoms with Crippen molar-refractivity contribution in [1.29, 1.82) is 0 Å². The summed E-state index contributed by atoms with van der Waals surface area (Å²) in [6, 6.07) is 1.76. The number of piperidine rings is 1. The number of piperazine rings is 1. The van der Waals surface area contributed by atoms with Gasteiger partial charge in [-0.2, -0.15) is 0 Å². The van der Waals surface area contributed by atoms with Crippen molar-refractivity contribution in [2.45, 2.75) is 33.6 Å². The van der Waals surface area contributed by atoms with Gasteiger partial charge in [-0.1, -0.05) is 6.92 Å². The van der Waals surface area contributed by atoms with Gasteiger partial charge in [0.15, 0.2) is 0 Å². The Bertz CT molecular complexity index is 647. The highest BCUT2D eigenvalue weighted by Crippen LogP contribution is 2.21. The quantitative estimate of drug-likeness (QED) is 0.809. The average Bonchev–Trinajstić information content (AvgIpc) is 2.61. The minimum atomic E-state index is -0.0691. The summed E-state index contributed by atoms with van der Waals surface area (Å²) < 4.78 is 0. The van der Waals surface area contributed by atoms with Crippen molar-refractivity contribution in [2.24, 2.45) is 5.92 Å². The van der Waals surface area contributed by atoms with Gasteiger partial charge in [-0.05, 0) is 31.7 Å². The zero-order valence-corrected chi connectivity index (χ0v) is 15.4. The van der Waals surface area contributed by atoms with Crippen LogP contribution in [0.3, 0.4) is 0 Å². The Kier molecular flexibility index (Phi) is 5.20. The molecule has 0 radical (unpaired) electrons. The zero-order chi connectivity index (χ0) is 18.0. The third kappa shape index (κ3) is 4.08. The highest BCUT2D eigenvalue weighted by molar-refractivity contribution is 5.93. The van der Waals surface area contributed by atoms with E-state index in [-0.39, 0.29) is 11.8 Å². The summed E-state index contributed by atoms with van der Waals surface area (Å²) in [5.74, 6) is 1.39. The molecule has 0 aliphatic carbocycles. The number of aryl methyl sites for hydroxylation is 1. The molecule has 0 N–H and O–H groups in total. The Morgan fingerprint density at radius 3 is 2.20 bits per heavy atom. The molecule has 0 unspecified atom stereocenters. The maximum absolute atomic E-state index is 12.8. The van der Waals surface area contributed by atoms with E-state index in [1.807, 2.05) is 6.92 Å². The van der Waals surface area contributed by atoms with E-state index in [1.54, 1.807) is 22.8 Å². The fraction of sp³-hybridized carbons (Fsp3) is 0.667. The van der Waals surface area contributed by atoms with Crippen LogP contribution in [-0.4, -0.2) is 70.9 Å². The molecule has 2 fully saturated rings. The van der Waals surface area contributed by atoms with Gasteiger partial charge in [0.1, 0.15) is 5.69 Å². The number of amides is 2. The molecule has 2 amide bonds. The molecule has 1 aromatic heterocycles. The molecule has 2 aliphatic heterocycles. The van der Waals surface area contributed by atoms with Crippen LogP contribution in [0.2, 0.25) is 0 Å². The van der Waals surface area contributed by atoms with E-state index in [0.717, 1.165) is 37.5 Å². The lowest BCUT2D eigenvalue weighted by atomic mass is 10.00. The largest absolute Gasteiger partial charge is 0.341 e. The number of rotatable bonds is 2. The van der Waals surface area contributed by atoms with Crippen molar-refractivity contribution in [3.63, 3.8) is 0 Å². The fourth-order valence-electron chi connectivity index (χ4n) is 3.40. The molecule has 3 rings (SSSR count). The number of aromatic nitrogens is 2. The van der Waals surface area contributed by atoms with Crippen molar-refractivity contribution < 1.29 is 9.59 Å². The molecular formula is C18H27N5O2. The predicted molar refractivity (Wildman–Crippen MR) is 95.5 cm³/mol. The molecule has 0 atom stereocenters. The molecule has 2 aliphatic rings. The van der Waals surface area contributed by atoms with Crippen LogP contribution in [0.5, 0.6) is 0 Å². The molecule has 1 aromatic rings. The van der Waals surface area contributed by atoms with Crippen LogP contribution in [0.15, 0.2) is 6.07 Å². The van der Waals surface area contributed by atoms with Gasteiger partial charge in [0.2, 0.25) is 11.9 Å². The average molecular weight is 345 g/mol. The van der Waals surface area contributed by atoms with Crippen molar-refractivity contribution in [3.05, 3.63) is 17.5 Å². The number of hydrogen-bond acceptors (Lipinski definition) is 5. The first-order chi connectivity index (χ1) is 11.9. The molecule has 0 bridgehead atoms. The highest BCUT2D eigenvalue weighted by atomic mass is 16.2. The van der Waals surface area contributed by atoms with Gasteiger partial charge in [0.05, 0.1) is 0 Å². The van der Waals surface area contributed by atoms with E-state index < -0.39 is 0 Å². The summed E-state index contributed by atoms with van der Waals surface area (Å²) >= 11 is 0. The van der Waals surface area contributed by atoms with Gasteiger partial charge in [0.25, 0.3) is 5.91 Å². The lowest BCUT2D eigenvalue weighted by Gasteiger charge is -2.34. The molecule has 7 nitrogen and oxygen atoms in total. The smallest absolute Gasteiger partial charge is 0.272 e. The third-order valence-corrected chi connectivity index (χ3v) is 5.14. The van der Waals surface area contributed by atoms with Crippen molar-refractivity contribution in [1.82, 2.24) is 19.8 Å². The Hall–Kier alpha value is -2.18. The minimum Gasteiger partial charge on any atom is -0.341 e. The molecule has 0 aromatic carbocycles. The molecule has 2 saturated heterocycles. The fourth-order valence-corrected chi connectivity index (χ4v) is 3.40. The first-order valence-corrected chi connectivity index (χ1v) is 9.09. The molecule has 25 heavy (non-hydrogen) atoms. The Morgan fingerprint density at radius 2 is 1.60 bits per heavy atom. The number of nitrogens with zero attached hydrogens (tertiary/aromatic N) is 5. The summed E-state index contributed by atoms with van der Waals surface area (Å²) in [7, 11) is 0. The van der Waals surface area contributed by atoms with E-state index in [4.69, 9.17) is 0 Å². The van der Waals surface area contributed by atoms with Gasteiger partial charge in [0, 0.05) is 51.9 Å². The Labute approximate surface area is 149 Å². The standard InChI is InChI=1S/C18H27N5O2/c1-13-4-6-23(7-5-13)18-19-14(2)12-16(20-18)17(25)22-10-8-21(9-11-22)15(3)24/h12-13H,4-11H2,1-3H3.